The molecule has 0 radical (unpaired) electrons. The number of amides is 1. The number of hydrogen-bond donors (Lipinski definition) is 1. The van der Waals surface area contributed by atoms with E-state index in [-0.39, 0.29) is 12.0 Å². The van der Waals surface area contributed by atoms with Crippen LogP contribution in [0.4, 0.5) is 0 Å². The van der Waals surface area contributed by atoms with E-state index in [4.69, 9.17) is 9.47 Å². The number of carbonyl (C=O) groups is 1. The normalized spacial score (nSPS) is 16.0. The van der Waals surface area contributed by atoms with Crippen LogP contribution >= 0.6 is 11.8 Å². The molecule has 0 saturated heterocycles. The second-order valence-corrected chi connectivity index (χ2v) is 6.75. The summed E-state index contributed by atoms with van der Waals surface area (Å²) in [6.45, 7) is 7.23. The molecule has 1 aliphatic heterocycles. The Balaban J connectivity index is 2.00. The summed E-state index contributed by atoms with van der Waals surface area (Å²) in [4.78, 5) is 11.8. The Morgan fingerprint density at radius 1 is 1.45 bits per heavy atom. The van der Waals surface area contributed by atoms with Crippen molar-refractivity contribution in [2.75, 3.05) is 18.1 Å². The predicted octanol–water partition coefficient (Wildman–Crippen LogP) is 3.17. The summed E-state index contributed by atoms with van der Waals surface area (Å²) in [5.41, 5.74) is 2.16. The van der Waals surface area contributed by atoms with Crippen LogP contribution in [-0.2, 0) is 17.8 Å². The van der Waals surface area contributed by atoms with Gasteiger partial charge in [-0.15, -0.1) is 0 Å². The van der Waals surface area contributed by atoms with Crippen LogP contribution in [0.25, 0.3) is 0 Å². The third-order valence-corrected chi connectivity index (χ3v) is 4.43. The van der Waals surface area contributed by atoms with Gasteiger partial charge >= 0.3 is 0 Å². The first-order valence-corrected chi connectivity index (χ1v) is 9.09. The average Bonchev–Trinajstić information content (AvgIpc) is 2.84. The summed E-state index contributed by atoms with van der Waals surface area (Å²) < 4.78 is 11.5. The number of benzene rings is 1. The Morgan fingerprint density at radius 2 is 2.27 bits per heavy atom. The first-order valence-electron chi connectivity index (χ1n) is 7.93. The van der Waals surface area contributed by atoms with Crippen LogP contribution in [0.3, 0.4) is 0 Å². The molecule has 0 aliphatic carbocycles. The molecule has 1 aliphatic rings. The summed E-state index contributed by atoms with van der Waals surface area (Å²) in [6.07, 6.45) is 1.68. The molecule has 2 rings (SSSR count). The molecule has 1 unspecified atom stereocenters. The van der Waals surface area contributed by atoms with Crippen LogP contribution in [0.2, 0.25) is 0 Å². The van der Waals surface area contributed by atoms with Gasteiger partial charge in [-0.1, -0.05) is 6.92 Å². The maximum atomic E-state index is 11.8. The number of ether oxygens (including phenoxy) is 2. The summed E-state index contributed by atoms with van der Waals surface area (Å²) in [5.74, 6) is 3.76. The molecule has 5 heteroatoms. The standard InChI is InChI=1S/C17H25NO3S/c1-4-20-15-9-13-8-12(3)21-16(13)10-14(15)11-18-17(19)6-7-22-5-2/h9-10,12H,4-8,11H2,1-3H3,(H,18,19). The van der Waals surface area contributed by atoms with E-state index in [0.29, 0.717) is 19.6 Å². The van der Waals surface area contributed by atoms with Gasteiger partial charge in [-0.05, 0) is 31.7 Å². The van der Waals surface area contributed by atoms with Crippen LogP contribution in [-0.4, -0.2) is 30.1 Å². The molecule has 1 N–H and O–H groups in total. The van der Waals surface area contributed by atoms with Crippen molar-refractivity contribution < 1.29 is 14.3 Å². The Hall–Kier alpha value is -1.36. The fourth-order valence-electron chi connectivity index (χ4n) is 2.50. The van der Waals surface area contributed by atoms with Crippen molar-refractivity contribution in [1.29, 1.82) is 0 Å². The quantitative estimate of drug-likeness (QED) is 0.747. The molecular weight excluding hydrogens is 298 g/mol. The molecule has 0 bridgehead atoms. The minimum Gasteiger partial charge on any atom is -0.494 e. The molecule has 1 atom stereocenters. The van der Waals surface area contributed by atoms with E-state index in [1.54, 1.807) is 11.8 Å². The minimum atomic E-state index is 0.0817. The van der Waals surface area contributed by atoms with Crippen molar-refractivity contribution in [3.05, 3.63) is 23.3 Å². The summed E-state index contributed by atoms with van der Waals surface area (Å²) in [7, 11) is 0. The van der Waals surface area contributed by atoms with Gasteiger partial charge in [-0.25, -0.2) is 0 Å². The van der Waals surface area contributed by atoms with Crippen LogP contribution in [0, 0.1) is 0 Å². The molecule has 1 aromatic rings. The van der Waals surface area contributed by atoms with Gasteiger partial charge < -0.3 is 14.8 Å². The fourth-order valence-corrected chi connectivity index (χ4v) is 3.12. The molecule has 4 nitrogen and oxygen atoms in total. The van der Waals surface area contributed by atoms with Crippen molar-refractivity contribution in [3.63, 3.8) is 0 Å². The molecular formula is C17H25NO3S. The van der Waals surface area contributed by atoms with E-state index in [1.807, 2.05) is 13.0 Å². The van der Waals surface area contributed by atoms with Crippen LogP contribution in [0.15, 0.2) is 12.1 Å². The molecule has 22 heavy (non-hydrogen) atoms. The lowest BCUT2D eigenvalue weighted by molar-refractivity contribution is -0.120. The zero-order chi connectivity index (χ0) is 15.9. The predicted molar refractivity (Wildman–Crippen MR) is 90.9 cm³/mol. The minimum absolute atomic E-state index is 0.0817. The lowest BCUT2D eigenvalue weighted by Gasteiger charge is -2.13. The lowest BCUT2D eigenvalue weighted by Crippen LogP contribution is -2.23. The van der Waals surface area contributed by atoms with E-state index in [1.165, 1.54) is 5.56 Å². The van der Waals surface area contributed by atoms with Crippen LogP contribution in [0.5, 0.6) is 11.5 Å². The van der Waals surface area contributed by atoms with Gasteiger partial charge in [0.25, 0.3) is 0 Å². The third-order valence-electron chi connectivity index (χ3n) is 3.53. The smallest absolute Gasteiger partial charge is 0.221 e. The molecule has 1 amide bonds. The molecule has 1 aromatic carbocycles. The highest BCUT2D eigenvalue weighted by molar-refractivity contribution is 7.99. The highest BCUT2D eigenvalue weighted by atomic mass is 32.2. The van der Waals surface area contributed by atoms with Crippen molar-refractivity contribution in [2.24, 2.45) is 0 Å². The molecule has 0 fully saturated rings. The summed E-state index contributed by atoms with van der Waals surface area (Å²) in [5, 5.41) is 2.97. The first kappa shape index (κ1) is 17.0. The van der Waals surface area contributed by atoms with Gasteiger partial charge in [0, 0.05) is 36.3 Å². The van der Waals surface area contributed by atoms with E-state index in [0.717, 1.165) is 35.0 Å². The fraction of sp³-hybridized carbons (Fsp3) is 0.588. The maximum Gasteiger partial charge on any atom is 0.221 e. The lowest BCUT2D eigenvalue weighted by atomic mass is 10.1. The van der Waals surface area contributed by atoms with Crippen molar-refractivity contribution in [3.8, 4) is 11.5 Å². The van der Waals surface area contributed by atoms with E-state index in [9.17, 15) is 4.79 Å². The highest BCUT2D eigenvalue weighted by Gasteiger charge is 2.21. The van der Waals surface area contributed by atoms with Crippen molar-refractivity contribution >= 4 is 17.7 Å². The molecule has 0 spiro atoms. The van der Waals surface area contributed by atoms with Crippen molar-refractivity contribution in [1.82, 2.24) is 5.32 Å². The highest BCUT2D eigenvalue weighted by Crippen LogP contribution is 2.35. The van der Waals surface area contributed by atoms with Gasteiger partial charge in [0.1, 0.15) is 17.6 Å². The van der Waals surface area contributed by atoms with Crippen molar-refractivity contribution in [2.45, 2.75) is 46.3 Å². The Bertz CT molecular complexity index is 519. The third kappa shape index (κ3) is 4.57. The number of rotatable bonds is 8. The number of fused-ring (bicyclic) bond motifs is 1. The van der Waals surface area contributed by atoms with Gasteiger partial charge in [-0.3, -0.25) is 4.79 Å². The number of carbonyl (C=O) groups excluding carboxylic acids is 1. The summed E-state index contributed by atoms with van der Waals surface area (Å²) in [6, 6.07) is 4.06. The van der Waals surface area contributed by atoms with E-state index >= 15 is 0 Å². The zero-order valence-corrected chi connectivity index (χ0v) is 14.4. The Kier molecular flexibility index (Phi) is 6.43. The topological polar surface area (TPSA) is 47.6 Å². The monoisotopic (exact) mass is 323 g/mol. The van der Waals surface area contributed by atoms with E-state index in [2.05, 4.69) is 25.2 Å². The number of thioether (sulfide) groups is 1. The van der Waals surface area contributed by atoms with Crippen LogP contribution < -0.4 is 14.8 Å². The van der Waals surface area contributed by atoms with Gasteiger partial charge in [0.05, 0.1) is 6.61 Å². The number of hydrogen-bond acceptors (Lipinski definition) is 4. The second-order valence-electron chi connectivity index (χ2n) is 5.36. The zero-order valence-electron chi connectivity index (χ0n) is 13.6. The molecule has 0 aromatic heterocycles. The Morgan fingerprint density at radius 3 is 3.00 bits per heavy atom. The maximum absolute atomic E-state index is 11.8. The SMILES string of the molecule is CCOc1cc2c(cc1CNC(=O)CCSCC)OC(C)C2. The largest absolute Gasteiger partial charge is 0.494 e. The average molecular weight is 323 g/mol. The number of nitrogens with one attached hydrogen (secondary N) is 1. The van der Waals surface area contributed by atoms with E-state index < -0.39 is 0 Å². The Labute approximate surface area is 137 Å². The van der Waals surface area contributed by atoms with Gasteiger partial charge in [0.15, 0.2) is 0 Å². The molecule has 122 valence electrons. The van der Waals surface area contributed by atoms with Gasteiger partial charge in [-0.2, -0.15) is 11.8 Å². The van der Waals surface area contributed by atoms with Gasteiger partial charge in [0.2, 0.25) is 5.91 Å². The molecule has 1 heterocycles. The molecule has 0 saturated carbocycles. The first-order chi connectivity index (χ1) is 10.6. The van der Waals surface area contributed by atoms with Crippen LogP contribution in [0.1, 0.15) is 38.3 Å². The second kappa shape index (κ2) is 8.32. The summed E-state index contributed by atoms with van der Waals surface area (Å²) >= 11 is 1.78.